The first-order valence-corrected chi connectivity index (χ1v) is 7.32. The lowest BCUT2D eigenvalue weighted by Gasteiger charge is -2.38. The van der Waals surface area contributed by atoms with E-state index in [4.69, 9.17) is 16.3 Å². The third-order valence-electron chi connectivity index (χ3n) is 4.29. The summed E-state index contributed by atoms with van der Waals surface area (Å²) in [5, 5.41) is 14.5. The molecule has 1 atom stereocenters. The molecule has 4 heteroatoms. The number of halogens is 1. The van der Waals surface area contributed by atoms with Gasteiger partial charge in [0.1, 0.15) is 5.60 Å². The van der Waals surface area contributed by atoms with Crippen molar-refractivity contribution in [2.75, 3.05) is 19.8 Å². The zero-order chi connectivity index (χ0) is 13.3. The minimum Gasteiger partial charge on any atom is -0.386 e. The molecule has 104 valence electrons. The van der Waals surface area contributed by atoms with Gasteiger partial charge in [0, 0.05) is 30.6 Å². The van der Waals surface area contributed by atoms with Gasteiger partial charge in [-0.25, -0.2) is 0 Å². The van der Waals surface area contributed by atoms with E-state index >= 15 is 0 Å². The van der Waals surface area contributed by atoms with Crippen LogP contribution < -0.4 is 5.32 Å². The molecule has 1 heterocycles. The van der Waals surface area contributed by atoms with Crippen LogP contribution in [0.3, 0.4) is 0 Å². The van der Waals surface area contributed by atoms with Crippen molar-refractivity contribution in [2.45, 2.75) is 36.8 Å². The van der Waals surface area contributed by atoms with Gasteiger partial charge in [-0.15, -0.1) is 0 Å². The number of rotatable bonds is 4. The van der Waals surface area contributed by atoms with E-state index in [1.165, 1.54) is 5.56 Å². The molecular formula is C15H20ClNO2. The van der Waals surface area contributed by atoms with Crippen molar-refractivity contribution >= 4 is 11.6 Å². The summed E-state index contributed by atoms with van der Waals surface area (Å²) < 4.78 is 5.24. The van der Waals surface area contributed by atoms with Crippen molar-refractivity contribution in [3.05, 3.63) is 34.9 Å². The molecule has 1 aromatic rings. The quantitative estimate of drug-likeness (QED) is 0.890. The van der Waals surface area contributed by atoms with Crippen LogP contribution in [-0.4, -0.2) is 36.5 Å². The van der Waals surface area contributed by atoms with Gasteiger partial charge >= 0.3 is 0 Å². The fourth-order valence-electron chi connectivity index (χ4n) is 2.91. The molecule has 1 unspecified atom stereocenters. The summed E-state index contributed by atoms with van der Waals surface area (Å²) >= 11 is 6.21. The Morgan fingerprint density at radius 2 is 2.16 bits per heavy atom. The second kappa shape index (κ2) is 5.41. The lowest BCUT2D eigenvalue weighted by Crippen LogP contribution is -2.48. The minimum atomic E-state index is -0.657. The molecular weight excluding hydrogens is 262 g/mol. The van der Waals surface area contributed by atoms with Gasteiger partial charge in [0.15, 0.2) is 0 Å². The fourth-order valence-corrected chi connectivity index (χ4v) is 3.20. The molecule has 0 amide bonds. The fraction of sp³-hybridized carbons (Fsp3) is 0.600. The highest BCUT2D eigenvalue weighted by molar-refractivity contribution is 6.31. The lowest BCUT2D eigenvalue weighted by molar-refractivity contribution is 0.0216. The predicted octanol–water partition coefficient (Wildman–Crippen LogP) is 2.33. The van der Waals surface area contributed by atoms with Gasteiger partial charge in [0.25, 0.3) is 0 Å². The van der Waals surface area contributed by atoms with Crippen LogP contribution in [0, 0.1) is 0 Å². The van der Waals surface area contributed by atoms with Gasteiger partial charge in [-0.1, -0.05) is 29.8 Å². The number of nitrogens with one attached hydrogen (secondary N) is 1. The Kier molecular flexibility index (Phi) is 3.81. The van der Waals surface area contributed by atoms with Crippen LogP contribution in [0.5, 0.6) is 0 Å². The molecule has 1 saturated carbocycles. The maximum Gasteiger partial charge on any atom is 0.102 e. The van der Waals surface area contributed by atoms with Crippen LogP contribution in [0.1, 0.15) is 30.7 Å². The van der Waals surface area contributed by atoms with E-state index in [0.29, 0.717) is 31.7 Å². The SMILES string of the molecule is OC1(CNC2CC(c3ccccc3Cl)C2)CCOC1. The highest BCUT2D eigenvalue weighted by Gasteiger charge is 2.36. The number of hydrogen-bond acceptors (Lipinski definition) is 3. The molecule has 2 N–H and O–H groups in total. The molecule has 3 nitrogen and oxygen atoms in total. The zero-order valence-corrected chi connectivity index (χ0v) is 11.7. The van der Waals surface area contributed by atoms with E-state index in [1.807, 2.05) is 18.2 Å². The molecule has 0 radical (unpaired) electrons. The van der Waals surface area contributed by atoms with E-state index in [9.17, 15) is 5.11 Å². The second-order valence-electron chi connectivity index (χ2n) is 5.79. The normalized spacial score (nSPS) is 34.2. The van der Waals surface area contributed by atoms with Crippen LogP contribution in [-0.2, 0) is 4.74 Å². The summed E-state index contributed by atoms with van der Waals surface area (Å²) in [6, 6.07) is 8.57. The Balaban J connectivity index is 1.47. The summed E-state index contributed by atoms with van der Waals surface area (Å²) in [5.74, 6) is 0.556. The summed E-state index contributed by atoms with van der Waals surface area (Å²) in [6.45, 7) is 1.76. The number of hydrogen-bond donors (Lipinski definition) is 2. The highest BCUT2D eigenvalue weighted by Crippen LogP contribution is 2.40. The zero-order valence-electron chi connectivity index (χ0n) is 10.9. The Morgan fingerprint density at radius 1 is 1.37 bits per heavy atom. The Labute approximate surface area is 118 Å². The first kappa shape index (κ1) is 13.4. The second-order valence-corrected chi connectivity index (χ2v) is 6.20. The van der Waals surface area contributed by atoms with E-state index in [1.54, 1.807) is 0 Å². The molecule has 2 aliphatic rings. The number of benzene rings is 1. The summed E-state index contributed by atoms with van der Waals surface area (Å²) in [5.41, 5.74) is 0.597. The van der Waals surface area contributed by atoms with Crippen LogP contribution in [0.2, 0.25) is 5.02 Å². The van der Waals surface area contributed by atoms with Crippen molar-refractivity contribution in [1.82, 2.24) is 5.32 Å². The van der Waals surface area contributed by atoms with Gasteiger partial charge in [-0.3, -0.25) is 0 Å². The Bertz CT molecular complexity index is 440. The van der Waals surface area contributed by atoms with Gasteiger partial charge in [-0.05, 0) is 30.4 Å². The van der Waals surface area contributed by atoms with Gasteiger partial charge in [0.05, 0.1) is 6.61 Å². The van der Waals surface area contributed by atoms with Crippen molar-refractivity contribution in [2.24, 2.45) is 0 Å². The smallest absolute Gasteiger partial charge is 0.102 e. The van der Waals surface area contributed by atoms with E-state index in [-0.39, 0.29) is 0 Å². The molecule has 1 aliphatic heterocycles. The topological polar surface area (TPSA) is 41.5 Å². The lowest BCUT2D eigenvalue weighted by atomic mass is 9.75. The highest BCUT2D eigenvalue weighted by atomic mass is 35.5. The molecule has 1 aliphatic carbocycles. The van der Waals surface area contributed by atoms with Crippen LogP contribution in [0.15, 0.2) is 24.3 Å². The Morgan fingerprint density at radius 3 is 2.84 bits per heavy atom. The van der Waals surface area contributed by atoms with Crippen molar-refractivity contribution in [3.8, 4) is 0 Å². The summed E-state index contributed by atoms with van der Waals surface area (Å²) in [7, 11) is 0. The maximum atomic E-state index is 10.2. The molecule has 2 fully saturated rings. The average molecular weight is 282 g/mol. The van der Waals surface area contributed by atoms with Gasteiger partial charge in [-0.2, -0.15) is 0 Å². The van der Waals surface area contributed by atoms with E-state index in [0.717, 1.165) is 24.3 Å². The van der Waals surface area contributed by atoms with Gasteiger partial charge in [0.2, 0.25) is 0 Å². The molecule has 0 spiro atoms. The predicted molar refractivity (Wildman–Crippen MR) is 75.6 cm³/mol. The molecule has 19 heavy (non-hydrogen) atoms. The van der Waals surface area contributed by atoms with Crippen LogP contribution in [0.25, 0.3) is 0 Å². The van der Waals surface area contributed by atoms with E-state index < -0.39 is 5.60 Å². The minimum absolute atomic E-state index is 0.459. The third-order valence-corrected chi connectivity index (χ3v) is 4.63. The molecule has 0 bridgehead atoms. The van der Waals surface area contributed by atoms with Crippen molar-refractivity contribution < 1.29 is 9.84 Å². The number of aliphatic hydroxyl groups is 1. The van der Waals surface area contributed by atoms with E-state index in [2.05, 4.69) is 11.4 Å². The Hall–Kier alpha value is -0.610. The molecule has 1 aromatic carbocycles. The average Bonchev–Trinajstić information content (AvgIpc) is 2.77. The number of ether oxygens (including phenoxy) is 1. The van der Waals surface area contributed by atoms with Crippen molar-refractivity contribution in [3.63, 3.8) is 0 Å². The summed E-state index contributed by atoms with van der Waals surface area (Å²) in [4.78, 5) is 0. The van der Waals surface area contributed by atoms with Crippen LogP contribution in [0.4, 0.5) is 0 Å². The van der Waals surface area contributed by atoms with Crippen molar-refractivity contribution in [1.29, 1.82) is 0 Å². The first-order chi connectivity index (χ1) is 9.16. The maximum absolute atomic E-state index is 10.2. The third kappa shape index (κ3) is 2.95. The summed E-state index contributed by atoms with van der Waals surface area (Å²) in [6.07, 6.45) is 2.93. The monoisotopic (exact) mass is 281 g/mol. The molecule has 0 aromatic heterocycles. The first-order valence-electron chi connectivity index (χ1n) is 6.94. The van der Waals surface area contributed by atoms with Crippen LogP contribution >= 0.6 is 11.6 Å². The molecule has 3 rings (SSSR count). The molecule has 1 saturated heterocycles. The van der Waals surface area contributed by atoms with Gasteiger partial charge < -0.3 is 15.2 Å². The largest absolute Gasteiger partial charge is 0.386 e. The standard InChI is InChI=1S/C15H20ClNO2/c16-14-4-2-1-3-13(14)11-7-12(8-11)17-9-15(18)5-6-19-10-15/h1-4,11-12,17-18H,5-10H2.